The monoisotopic (exact) mass is 303 g/mol. The van der Waals surface area contributed by atoms with Crippen LogP contribution in [-0.2, 0) is 7.05 Å². The Bertz CT molecular complexity index is 780. The van der Waals surface area contributed by atoms with E-state index in [-0.39, 0.29) is 10.6 Å². The Morgan fingerprint density at radius 3 is 2.67 bits per heavy atom. The molecule has 2 heterocycles. The van der Waals surface area contributed by atoms with Gasteiger partial charge in [-0.3, -0.25) is 4.68 Å². The van der Waals surface area contributed by atoms with E-state index in [2.05, 4.69) is 15.3 Å². The van der Waals surface area contributed by atoms with E-state index in [1.54, 1.807) is 31.4 Å². The third-order valence-corrected chi connectivity index (χ3v) is 3.48. The summed E-state index contributed by atoms with van der Waals surface area (Å²) in [5.74, 6) is -0.126. The maximum absolute atomic E-state index is 14.2. The Balaban J connectivity index is 2.33. The predicted molar refractivity (Wildman–Crippen MR) is 79.1 cm³/mol. The SMILES string of the molecule is Cn1nc(-c2ccnnc2)c(-c2c(F)cccc2Cl)c1N. The molecule has 7 heteroatoms. The van der Waals surface area contributed by atoms with Crippen LogP contribution in [0, 0.1) is 5.82 Å². The van der Waals surface area contributed by atoms with Gasteiger partial charge in [-0.1, -0.05) is 17.7 Å². The third-order valence-electron chi connectivity index (χ3n) is 3.16. The molecular weight excluding hydrogens is 293 g/mol. The fourth-order valence-electron chi connectivity index (χ4n) is 2.15. The number of rotatable bonds is 2. The van der Waals surface area contributed by atoms with Crippen LogP contribution in [0.4, 0.5) is 10.2 Å². The van der Waals surface area contributed by atoms with E-state index in [0.717, 1.165) is 0 Å². The average Bonchev–Trinajstić information content (AvgIpc) is 2.77. The van der Waals surface area contributed by atoms with Gasteiger partial charge in [-0.2, -0.15) is 15.3 Å². The lowest BCUT2D eigenvalue weighted by molar-refractivity contribution is 0.631. The zero-order valence-electron chi connectivity index (χ0n) is 11.1. The van der Waals surface area contributed by atoms with Gasteiger partial charge in [0.05, 0.1) is 23.0 Å². The molecule has 1 aromatic carbocycles. The van der Waals surface area contributed by atoms with E-state index in [0.29, 0.717) is 22.6 Å². The van der Waals surface area contributed by atoms with Crippen LogP contribution in [0.3, 0.4) is 0 Å². The zero-order valence-corrected chi connectivity index (χ0v) is 11.8. The van der Waals surface area contributed by atoms with Crippen LogP contribution in [0.15, 0.2) is 36.7 Å². The highest BCUT2D eigenvalue weighted by molar-refractivity contribution is 6.33. The van der Waals surface area contributed by atoms with Crippen LogP contribution in [0.25, 0.3) is 22.4 Å². The summed E-state index contributed by atoms with van der Waals surface area (Å²) in [4.78, 5) is 0. The largest absolute Gasteiger partial charge is 0.383 e. The van der Waals surface area contributed by atoms with E-state index in [1.165, 1.54) is 16.9 Å². The fourth-order valence-corrected chi connectivity index (χ4v) is 2.41. The fraction of sp³-hybridized carbons (Fsp3) is 0.0714. The van der Waals surface area contributed by atoms with Crippen molar-refractivity contribution >= 4 is 17.4 Å². The lowest BCUT2D eigenvalue weighted by Crippen LogP contribution is -1.98. The molecule has 21 heavy (non-hydrogen) atoms. The summed E-state index contributed by atoms with van der Waals surface area (Å²) in [6, 6.07) is 6.22. The minimum Gasteiger partial charge on any atom is -0.383 e. The van der Waals surface area contributed by atoms with Gasteiger partial charge >= 0.3 is 0 Å². The topological polar surface area (TPSA) is 69.6 Å². The van der Waals surface area contributed by atoms with Crippen molar-refractivity contribution in [3.8, 4) is 22.4 Å². The van der Waals surface area contributed by atoms with Crippen molar-refractivity contribution in [2.24, 2.45) is 7.05 Å². The molecule has 0 spiro atoms. The number of nitrogen functional groups attached to an aromatic ring is 1. The zero-order chi connectivity index (χ0) is 15.0. The molecule has 2 N–H and O–H groups in total. The van der Waals surface area contributed by atoms with Gasteiger partial charge < -0.3 is 5.73 Å². The molecule has 0 unspecified atom stereocenters. The Labute approximate surface area is 125 Å². The molecule has 0 fully saturated rings. The summed E-state index contributed by atoms with van der Waals surface area (Å²) in [5, 5.41) is 12.1. The normalized spacial score (nSPS) is 10.8. The molecule has 0 bridgehead atoms. The van der Waals surface area contributed by atoms with E-state index >= 15 is 0 Å². The molecule has 0 saturated heterocycles. The van der Waals surface area contributed by atoms with Gasteiger partial charge in [-0.05, 0) is 18.2 Å². The first-order chi connectivity index (χ1) is 10.1. The first-order valence-electron chi connectivity index (χ1n) is 6.13. The molecule has 0 atom stereocenters. The van der Waals surface area contributed by atoms with Gasteiger partial charge in [0, 0.05) is 18.2 Å². The van der Waals surface area contributed by atoms with Crippen molar-refractivity contribution in [1.82, 2.24) is 20.0 Å². The van der Waals surface area contributed by atoms with Crippen molar-refractivity contribution in [2.75, 3.05) is 5.73 Å². The molecule has 3 aromatic rings. The number of nitrogens with two attached hydrogens (primary N) is 1. The Morgan fingerprint density at radius 2 is 2.00 bits per heavy atom. The van der Waals surface area contributed by atoms with Gasteiger partial charge in [-0.25, -0.2) is 4.39 Å². The number of nitrogens with zero attached hydrogens (tertiary/aromatic N) is 4. The first-order valence-corrected chi connectivity index (χ1v) is 6.51. The second-order valence-corrected chi connectivity index (χ2v) is 4.87. The number of hydrogen-bond donors (Lipinski definition) is 1. The van der Waals surface area contributed by atoms with Crippen molar-refractivity contribution in [1.29, 1.82) is 0 Å². The quantitative estimate of drug-likeness (QED) is 0.790. The van der Waals surface area contributed by atoms with Crippen LogP contribution in [0.2, 0.25) is 5.02 Å². The highest BCUT2D eigenvalue weighted by atomic mass is 35.5. The highest BCUT2D eigenvalue weighted by Crippen LogP contribution is 2.40. The van der Waals surface area contributed by atoms with Gasteiger partial charge in [0.15, 0.2) is 0 Å². The van der Waals surface area contributed by atoms with Gasteiger partial charge in [0.25, 0.3) is 0 Å². The Morgan fingerprint density at radius 1 is 1.19 bits per heavy atom. The molecule has 0 amide bonds. The Kier molecular flexibility index (Phi) is 3.31. The second-order valence-electron chi connectivity index (χ2n) is 4.46. The second kappa shape index (κ2) is 5.14. The number of halogens is 2. The number of anilines is 1. The number of hydrogen-bond acceptors (Lipinski definition) is 4. The Hall–Kier alpha value is -2.47. The molecule has 106 valence electrons. The van der Waals surface area contributed by atoms with Crippen LogP contribution in [0.5, 0.6) is 0 Å². The number of benzene rings is 1. The van der Waals surface area contributed by atoms with E-state index in [4.69, 9.17) is 17.3 Å². The standard InChI is InChI=1S/C14H11ClFN5/c1-21-14(17)12(11-9(15)3-2-4-10(11)16)13(20-21)8-5-6-18-19-7-8/h2-7H,17H2,1H3. The summed E-state index contributed by atoms with van der Waals surface area (Å²) in [7, 11) is 1.69. The summed E-state index contributed by atoms with van der Waals surface area (Å²) >= 11 is 6.14. The highest BCUT2D eigenvalue weighted by Gasteiger charge is 2.22. The van der Waals surface area contributed by atoms with Crippen LogP contribution in [-0.4, -0.2) is 20.0 Å². The minimum atomic E-state index is -0.453. The molecule has 0 aliphatic rings. The lowest BCUT2D eigenvalue weighted by atomic mass is 10.0. The predicted octanol–water partition coefficient (Wildman–Crippen LogP) is 2.92. The molecule has 0 aliphatic heterocycles. The van der Waals surface area contributed by atoms with Gasteiger partial charge in [-0.15, -0.1) is 0 Å². The van der Waals surface area contributed by atoms with Crippen molar-refractivity contribution in [3.05, 3.63) is 47.5 Å². The van der Waals surface area contributed by atoms with Crippen molar-refractivity contribution < 1.29 is 4.39 Å². The van der Waals surface area contributed by atoms with E-state index in [9.17, 15) is 4.39 Å². The van der Waals surface area contributed by atoms with E-state index < -0.39 is 5.82 Å². The van der Waals surface area contributed by atoms with E-state index in [1.807, 2.05) is 0 Å². The molecule has 0 radical (unpaired) electrons. The summed E-state index contributed by atoms with van der Waals surface area (Å²) < 4.78 is 15.7. The summed E-state index contributed by atoms with van der Waals surface area (Å²) in [6.07, 6.45) is 3.08. The minimum absolute atomic E-state index is 0.233. The van der Waals surface area contributed by atoms with Crippen molar-refractivity contribution in [2.45, 2.75) is 0 Å². The van der Waals surface area contributed by atoms with Gasteiger partial charge in [0.1, 0.15) is 17.3 Å². The molecule has 3 rings (SSSR count). The molecule has 5 nitrogen and oxygen atoms in total. The molecular formula is C14H11ClFN5. The van der Waals surface area contributed by atoms with Crippen LogP contribution in [0.1, 0.15) is 0 Å². The smallest absolute Gasteiger partial charge is 0.132 e. The first kappa shape index (κ1) is 13.5. The summed E-state index contributed by atoms with van der Waals surface area (Å²) in [6.45, 7) is 0. The maximum atomic E-state index is 14.2. The third kappa shape index (κ3) is 2.23. The average molecular weight is 304 g/mol. The number of aryl methyl sites for hydroxylation is 1. The molecule has 0 aliphatic carbocycles. The van der Waals surface area contributed by atoms with Crippen LogP contribution < -0.4 is 5.73 Å². The summed E-state index contributed by atoms with van der Waals surface area (Å²) in [5.41, 5.74) is 7.93. The molecule has 2 aromatic heterocycles. The maximum Gasteiger partial charge on any atom is 0.132 e. The number of aromatic nitrogens is 4. The van der Waals surface area contributed by atoms with Crippen LogP contribution >= 0.6 is 11.6 Å². The lowest BCUT2D eigenvalue weighted by Gasteiger charge is -2.07. The molecule has 0 saturated carbocycles. The van der Waals surface area contributed by atoms with Gasteiger partial charge in [0.2, 0.25) is 0 Å². The van der Waals surface area contributed by atoms with Crippen molar-refractivity contribution in [3.63, 3.8) is 0 Å².